The molecule has 21 heavy (non-hydrogen) atoms. The number of anilines is 1. The van der Waals surface area contributed by atoms with Gasteiger partial charge in [0.2, 0.25) is 0 Å². The van der Waals surface area contributed by atoms with Gasteiger partial charge in [-0.3, -0.25) is 4.72 Å². The standard InChI is InChI=1S/C16H18N2O2S/c1-12-5-7-14(8-6-12)21(19,20)18-16-4-2-3-13-9-10-17-11-15(13)16/h2-8,17-18H,9-11H2,1H3. The van der Waals surface area contributed by atoms with Gasteiger partial charge < -0.3 is 5.32 Å². The van der Waals surface area contributed by atoms with Gasteiger partial charge in [-0.2, -0.15) is 0 Å². The first-order chi connectivity index (χ1) is 10.1. The minimum Gasteiger partial charge on any atom is -0.312 e. The highest BCUT2D eigenvalue weighted by atomic mass is 32.2. The van der Waals surface area contributed by atoms with Crippen LogP contribution in [0.4, 0.5) is 5.69 Å². The topological polar surface area (TPSA) is 58.2 Å². The molecule has 0 bridgehead atoms. The predicted molar refractivity (Wildman–Crippen MR) is 83.8 cm³/mol. The van der Waals surface area contributed by atoms with E-state index in [2.05, 4.69) is 16.1 Å². The Bertz CT molecular complexity index is 752. The van der Waals surface area contributed by atoms with Crippen LogP contribution in [0.2, 0.25) is 0 Å². The van der Waals surface area contributed by atoms with Gasteiger partial charge in [-0.05, 0) is 49.2 Å². The van der Waals surface area contributed by atoms with Gasteiger partial charge in [-0.25, -0.2) is 8.42 Å². The smallest absolute Gasteiger partial charge is 0.261 e. The molecular weight excluding hydrogens is 284 g/mol. The van der Waals surface area contributed by atoms with E-state index >= 15 is 0 Å². The summed E-state index contributed by atoms with van der Waals surface area (Å²) < 4.78 is 27.6. The first kappa shape index (κ1) is 14.1. The van der Waals surface area contributed by atoms with Crippen molar-refractivity contribution in [2.24, 2.45) is 0 Å². The van der Waals surface area contributed by atoms with E-state index in [0.717, 1.165) is 24.1 Å². The number of fused-ring (bicyclic) bond motifs is 1. The molecule has 1 aliphatic rings. The minimum absolute atomic E-state index is 0.287. The maximum absolute atomic E-state index is 12.5. The maximum Gasteiger partial charge on any atom is 0.261 e. The number of hydrogen-bond acceptors (Lipinski definition) is 3. The fraction of sp³-hybridized carbons (Fsp3) is 0.250. The normalized spacial score (nSPS) is 14.5. The summed E-state index contributed by atoms with van der Waals surface area (Å²) in [6, 6.07) is 12.6. The Hall–Kier alpha value is -1.85. The predicted octanol–water partition coefficient (Wildman–Crippen LogP) is 2.44. The van der Waals surface area contributed by atoms with Crippen LogP contribution >= 0.6 is 0 Å². The highest BCUT2D eigenvalue weighted by Crippen LogP contribution is 2.25. The summed E-state index contributed by atoms with van der Waals surface area (Å²) in [5.41, 5.74) is 3.95. The summed E-state index contributed by atoms with van der Waals surface area (Å²) in [5, 5.41) is 3.28. The molecule has 0 spiro atoms. The van der Waals surface area contributed by atoms with Crippen LogP contribution in [0.5, 0.6) is 0 Å². The average Bonchev–Trinajstić information content (AvgIpc) is 2.48. The molecule has 0 unspecified atom stereocenters. The SMILES string of the molecule is Cc1ccc(S(=O)(=O)Nc2cccc3c2CNCC3)cc1. The van der Waals surface area contributed by atoms with Crippen molar-refractivity contribution in [2.45, 2.75) is 24.8 Å². The summed E-state index contributed by atoms with van der Waals surface area (Å²) in [7, 11) is -3.54. The van der Waals surface area contributed by atoms with Crippen LogP contribution in [-0.4, -0.2) is 15.0 Å². The van der Waals surface area contributed by atoms with Gasteiger partial charge in [0.05, 0.1) is 10.6 Å². The lowest BCUT2D eigenvalue weighted by Gasteiger charge is -2.21. The minimum atomic E-state index is -3.54. The van der Waals surface area contributed by atoms with E-state index in [1.54, 1.807) is 24.3 Å². The van der Waals surface area contributed by atoms with Crippen molar-refractivity contribution < 1.29 is 8.42 Å². The molecule has 3 rings (SSSR count). The number of nitrogens with one attached hydrogen (secondary N) is 2. The van der Waals surface area contributed by atoms with Crippen molar-refractivity contribution in [1.82, 2.24) is 5.32 Å². The van der Waals surface area contributed by atoms with E-state index in [-0.39, 0.29) is 4.90 Å². The van der Waals surface area contributed by atoms with E-state index in [4.69, 9.17) is 0 Å². The molecule has 4 nitrogen and oxygen atoms in total. The first-order valence-electron chi connectivity index (χ1n) is 6.97. The lowest BCUT2D eigenvalue weighted by Crippen LogP contribution is -2.25. The van der Waals surface area contributed by atoms with Crippen molar-refractivity contribution in [3.05, 3.63) is 59.2 Å². The van der Waals surface area contributed by atoms with Gasteiger partial charge >= 0.3 is 0 Å². The van der Waals surface area contributed by atoms with Crippen molar-refractivity contribution in [2.75, 3.05) is 11.3 Å². The van der Waals surface area contributed by atoms with Gasteiger partial charge in [0, 0.05) is 6.54 Å². The molecule has 1 heterocycles. The Labute approximate surface area is 125 Å². The van der Waals surface area contributed by atoms with Crippen molar-refractivity contribution in [1.29, 1.82) is 0 Å². The molecule has 0 radical (unpaired) electrons. The summed E-state index contributed by atoms with van der Waals surface area (Å²) in [4.78, 5) is 0.287. The Morgan fingerprint density at radius 3 is 2.62 bits per heavy atom. The van der Waals surface area contributed by atoms with Crippen molar-refractivity contribution >= 4 is 15.7 Å². The third kappa shape index (κ3) is 2.94. The molecule has 0 aromatic heterocycles. The lowest BCUT2D eigenvalue weighted by molar-refractivity contribution is 0.600. The molecule has 2 aromatic rings. The van der Waals surface area contributed by atoms with Crippen LogP contribution in [0.3, 0.4) is 0 Å². The van der Waals surface area contributed by atoms with Crippen LogP contribution in [0.1, 0.15) is 16.7 Å². The molecule has 2 aromatic carbocycles. The summed E-state index contributed by atoms with van der Waals surface area (Å²) in [5.74, 6) is 0. The van der Waals surface area contributed by atoms with E-state index in [9.17, 15) is 8.42 Å². The largest absolute Gasteiger partial charge is 0.312 e. The third-order valence-electron chi connectivity index (χ3n) is 3.72. The molecule has 0 saturated carbocycles. The average molecular weight is 302 g/mol. The number of benzene rings is 2. The highest BCUT2D eigenvalue weighted by Gasteiger charge is 2.18. The monoisotopic (exact) mass is 302 g/mol. The highest BCUT2D eigenvalue weighted by molar-refractivity contribution is 7.92. The molecule has 5 heteroatoms. The molecule has 0 aliphatic carbocycles. The van der Waals surface area contributed by atoms with E-state index in [1.807, 2.05) is 19.1 Å². The lowest BCUT2D eigenvalue weighted by atomic mass is 10.00. The second-order valence-electron chi connectivity index (χ2n) is 5.29. The Morgan fingerprint density at radius 1 is 1.10 bits per heavy atom. The fourth-order valence-corrected chi connectivity index (χ4v) is 3.62. The fourth-order valence-electron chi connectivity index (χ4n) is 2.53. The second-order valence-corrected chi connectivity index (χ2v) is 6.97. The Kier molecular flexibility index (Phi) is 3.69. The molecular formula is C16H18N2O2S. The molecule has 0 amide bonds. The zero-order valence-corrected chi connectivity index (χ0v) is 12.7. The van der Waals surface area contributed by atoms with Gasteiger partial charge in [0.25, 0.3) is 10.0 Å². The Balaban J connectivity index is 1.94. The number of hydrogen-bond donors (Lipinski definition) is 2. The summed E-state index contributed by atoms with van der Waals surface area (Å²) in [6.45, 7) is 3.56. The molecule has 2 N–H and O–H groups in total. The summed E-state index contributed by atoms with van der Waals surface area (Å²) >= 11 is 0. The Morgan fingerprint density at radius 2 is 1.86 bits per heavy atom. The van der Waals surface area contributed by atoms with Crippen LogP contribution in [0.15, 0.2) is 47.4 Å². The van der Waals surface area contributed by atoms with E-state index in [0.29, 0.717) is 12.2 Å². The van der Waals surface area contributed by atoms with Gasteiger partial charge in [-0.15, -0.1) is 0 Å². The van der Waals surface area contributed by atoms with Crippen molar-refractivity contribution in [3.63, 3.8) is 0 Å². The van der Waals surface area contributed by atoms with Gasteiger partial charge in [0.1, 0.15) is 0 Å². The maximum atomic E-state index is 12.5. The molecule has 110 valence electrons. The third-order valence-corrected chi connectivity index (χ3v) is 5.10. The zero-order valence-electron chi connectivity index (χ0n) is 11.9. The van der Waals surface area contributed by atoms with Crippen LogP contribution in [-0.2, 0) is 23.0 Å². The first-order valence-corrected chi connectivity index (χ1v) is 8.45. The second kappa shape index (κ2) is 5.50. The van der Waals surface area contributed by atoms with Gasteiger partial charge in [0.15, 0.2) is 0 Å². The summed E-state index contributed by atoms with van der Waals surface area (Å²) in [6.07, 6.45) is 0.926. The molecule has 0 saturated heterocycles. The van der Waals surface area contributed by atoms with E-state index in [1.165, 1.54) is 5.56 Å². The number of aryl methyl sites for hydroxylation is 1. The molecule has 0 atom stereocenters. The van der Waals surface area contributed by atoms with E-state index < -0.39 is 10.0 Å². The van der Waals surface area contributed by atoms with Crippen LogP contribution in [0, 0.1) is 6.92 Å². The quantitative estimate of drug-likeness (QED) is 0.915. The molecule has 1 aliphatic heterocycles. The van der Waals surface area contributed by atoms with Crippen molar-refractivity contribution in [3.8, 4) is 0 Å². The molecule has 0 fully saturated rings. The van der Waals surface area contributed by atoms with Gasteiger partial charge in [-0.1, -0.05) is 29.8 Å². The van der Waals surface area contributed by atoms with Crippen LogP contribution < -0.4 is 10.0 Å². The number of sulfonamides is 1. The number of rotatable bonds is 3. The van der Waals surface area contributed by atoms with Crippen LogP contribution in [0.25, 0.3) is 0 Å². The zero-order chi connectivity index (χ0) is 14.9.